The molecule has 2 atom stereocenters. The molecule has 5 nitrogen and oxygen atoms in total. The zero-order valence-corrected chi connectivity index (χ0v) is 14.9. The van der Waals surface area contributed by atoms with E-state index in [0.29, 0.717) is 13.2 Å². The first-order valence-corrected chi connectivity index (χ1v) is 8.01. The molecule has 0 saturated carbocycles. The van der Waals surface area contributed by atoms with E-state index in [1.165, 1.54) is 5.56 Å². The van der Waals surface area contributed by atoms with Crippen molar-refractivity contribution in [3.05, 3.63) is 29.8 Å². The molecule has 1 aromatic carbocycles. The van der Waals surface area contributed by atoms with E-state index in [0.717, 1.165) is 5.75 Å². The van der Waals surface area contributed by atoms with Gasteiger partial charge in [0.1, 0.15) is 12.4 Å². The fourth-order valence-corrected chi connectivity index (χ4v) is 2.12. The highest BCUT2D eigenvalue weighted by molar-refractivity contribution is 5.76. The number of nitrogens with one attached hydrogen (secondary N) is 1. The number of carbonyl (C=O) groups is 1. The Kier molecular flexibility index (Phi) is 7.52. The zero-order valence-electron chi connectivity index (χ0n) is 14.9. The van der Waals surface area contributed by atoms with Crippen molar-refractivity contribution in [2.75, 3.05) is 20.3 Å². The average molecular weight is 322 g/mol. The number of nitrogens with two attached hydrogens (primary N) is 1. The molecule has 0 fully saturated rings. The minimum Gasteiger partial charge on any atom is -0.491 e. The van der Waals surface area contributed by atoms with Crippen LogP contribution in [0.4, 0.5) is 0 Å². The van der Waals surface area contributed by atoms with Crippen LogP contribution >= 0.6 is 0 Å². The maximum atomic E-state index is 11.8. The summed E-state index contributed by atoms with van der Waals surface area (Å²) >= 11 is 0. The summed E-state index contributed by atoms with van der Waals surface area (Å²) in [6, 6.07) is 7.99. The fourth-order valence-electron chi connectivity index (χ4n) is 2.12. The van der Waals surface area contributed by atoms with Gasteiger partial charge in [0.15, 0.2) is 0 Å². The van der Waals surface area contributed by atoms with Crippen LogP contribution in [0, 0.1) is 0 Å². The maximum absolute atomic E-state index is 11.8. The van der Waals surface area contributed by atoms with Crippen LogP contribution in [0.3, 0.4) is 0 Å². The van der Waals surface area contributed by atoms with E-state index in [9.17, 15) is 4.79 Å². The van der Waals surface area contributed by atoms with Crippen LogP contribution in [0.15, 0.2) is 24.3 Å². The van der Waals surface area contributed by atoms with Crippen LogP contribution in [0.2, 0.25) is 0 Å². The lowest BCUT2D eigenvalue weighted by Gasteiger charge is -2.20. The number of benzene rings is 1. The molecule has 2 unspecified atom stereocenters. The van der Waals surface area contributed by atoms with E-state index in [1.54, 1.807) is 7.11 Å². The second-order valence-electron chi connectivity index (χ2n) is 6.85. The summed E-state index contributed by atoms with van der Waals surface area (Å²) in [4.78, 5) is 11.8. The second-order valence-corrected chi connectivity index (χ2v) is 6.85. The Balaban J connectivity index is 2.41. The lowest BCUT2D eigenvalue weighted by atomic mass is 9.87. The van der Waals surface area contributed by atoms with Crippen molar-refractivity contribution < 1.29 is 14.3 Å². The molecule has 0 saturated heterocycles. The van der Waals surface area contributed by atoms with Gasteiger partial charge in [0.05, 0.1) is 18.6 Å². The standard InChI is InChI=1S/C18H30N2O3/c1-13(20-17(21)10-16(11-19)22-5)12-23-15-8-6-14(7-9-15)18(2,3)4/h6-9,13,16H,10-12,19H2,1-5H3,(H,20,21). The third kappa shape index (κ3) is 7.01. The van der Waals surface area contributed by atoms with Crippen LogP contribution in [0.5, 0.6) is 5.75 Å². The van der Waals surface area contributed by atoms with Crippen LogP contribution in [0.25, 0.3) is 0 Å². The van der Waals surface area contributed by atoms with E-state index in [2.05, 4.69) is 38.2 Å². The third-order valence-electron chi connectivity index (χ3n) is 3.64. The van der Waals surface area contributed by atoms with E-state index in [-0.39, 0.29) is 29.9 Å². The summed E-state index contributed by atoms with van der Waals surface area (Å²) in [5.74, 6) is 0.720. The molecule has 0 spiro atoms. The lowest BCUT2D eigenvalue weighted by Crippen LogP contribution is -2.39. The Morgan fingerprint density at radius 1 is 1.26 bits per heavy atom. The van der Waals surface area contributed by atoms with Crippen molar-refractivity contribution >= 4 is 5.91 Å². The first-order chi connectivity index (χ1) is 10.8. The normalized spacial score (nSPS) is 14.2. The summed E-state index contributed by atoms with van der Waals surface area (Å²) in [5.41, 5.74) is 6.90. The Hall–Kier alpha value is -1.59. The molecule has 5 heteroatoms. The molecule has 3 N–H and O–H groups in total. The predicted octanol–water partition coefficient (Wildman–Crippen LogP) is 2.23. The first kappa shape index (κ1) is 19.5. The van der Waals surface area contributed by atoms with E-state index < -0.39 is 0 Å². The summed E-state index contributed by atoms with van der Waals surface area (Å²) in [7, 11) is 1.55. The van der Waals surface area contributed by atoms with Crippen molar-refractivity contribution in [3.63, 3.8) is 0 Å². The molecule has 0 bridgehead atoms. The van der Waals surface area contributed by atoms with Crippen LogP contribution in [-0.4, -0.2) is 38.3 Å². The van der Waals surface area contributed by atoms with E-state index in [1.807, 2.05) is 19.1 Å². The minimum atomic E-state index is -0.243. The highest BCUT2D eigenvalue weighted by Crippen LogP contribution is 2.24. The summed E-state index contributed by atoms with van der Waals surface area (Å²) in [6.45, 7) is 9.18. The van der Waals surface area contributed by atoms with E-state index >= 15 is 0 Å². The average Bonchev–Trinajstić information content (AvgIpc) is 2.50. The molecule has 0 heterocycles. The summed E-state index contributed by atoms with van der Waals surface area (Å²) in [6.07, 6.45) is 0.0190. The molecule has 0 aliphatic carbocycles. The third-order valence-corrected chi connectivity index (χ3v) is 3.64. The Morgan fingerprint density at radius 3 is 2.35 bits per heavy atom. The van der Waals surface area contributed by atoms with Crippen molar-refractivity contribution in [3.8, 4) is 5.75 Å². The topological polar surface area (TPSA) is 73.6 Å². The SMILES string of the molecule is COC(CN)CC(=O)NC(C)COc1ccc(C(C)(C)C)cc1. The van der Waals surface area contributed by atoms with Crippen LogP contribution in [-0.2, 0) is 14.9 Å². The molecule has 130 valence electrons. The predicted molar refractivity (Wildman–Crippen MR) is 92.7 cm³/mol. The largest absolute Gasteiger partial charge is 0.491 e. The van der Waals surface area contributed by atoms with Gasteiger partial charge in [-0.15, -0.1) is 0 Å². The van der Waals surface area contributed by atoms with Gasteiger partial charge in [-0.1, -0.05) is 32.9 Å². The summed E-state index contributed by atoms with van der Waals surface area (Å²) in [5, 5.41) is 2.89. The second kappa shape index (κ2) is 8.89. The van der Waals surface area contributed by atoms with Gasteiger partial charge in [-0.3, -0.25) is 4.79 Å². The maximum Gasteiger partial charge on any atom is 0.222 e. The molecular weight excluding hydrogens is 292 g/mol. The highest BCUT2D eigenvalue weighted by atomic mass is 16.5. The molecule has 23 heavy (non-hydrogen) atoms. The quantitative estimate of drug-likeness (QED) is 0.770. The smallest absolute Gasteiger partial charge is 0.222 e. The van der Waals surface area contributed by atoms with Crippen molar-refractivity contribution in [1.82, 2.24) is 5.32 Å². The lowest BCUT2D eigenvalue weighted by molar-refractivity contribution is -0.124. The van der Waals surface area contributed by atoms with Crippen molar-refractivity contribution in [1.29, 1.82) is 0 Å². The van der Waals surface area contributed by atoms with Gasteiger partial charge in [0, 0.05) is 13.7 Å². The van der Waals surface area contributed by atoms with Gasteiger partial charge in [-0.05, 0) is 30.0 Å². The Morgan fingerprint density at radius 2 is 1.87 bits per heavy atom. The number of amides is 1. The number of hydrogen-bond acceptors (Lipinski definition) is 4. The van der Waals surface area contributed by atoms with Crippen molar-refractivity contribution in [2.45, 2.75) is 51.7 Å². The van der Waals surface area contributed by atoms with Gasteiger partial charge in [-0.2, -0.15) is 0 Å². The van der Waals surface area contributed by atoms with E-state index in [4.69, 9.17) is 15.2 Å². The molecule has 0 aromatic heterocycles. The Labute approximate surface area is 139 Å². The molecule has 1 rings (SSSR count). The molecule has 1 aromatic rings. The number of ether oxygens (including phenoxy) is 2. The minimum absolute atomic E-state index is 0.0820. The van der Waals surface area contributed by atoms with Gasteiger partial charge < -0.3 is 20.5 Å². The number of rotatable bonds is 8. The Bertz CT molecular complexity index is 476. The molecule has 0 radical (unpaired) electrons. The molecular formula is C18H30N2O3. The van der Waals surface area contributed by atoms with Gasteiger partial charge in [0.2, 0.25) is 5.91 Å². The van der Waals surface area contributed by atoms with Crippen LogP contribution in [0.1, 0.15) is 39.7 Å². The number of methoxy groups -OCH3 is 1. The molecule has 0 aliphatic rings. The van der Waals surface area contributed by atoms with Crippen LogP contribution < -0.4 is 15.8 Å². The fraction of sp³-hybridized carbons (Fsp3) is 0.611. The van der Waals surface area contributed by atoms with Gasteiger partial charge >= 0.3 is 0 Å². The summed E-state index contributed by atoms with van der Waals surface area (Å²) < 4.78 is 10.8. The monoisotopic (exact) mass is 322 g/mol. The van der Waals surface area contributed by atoms with Crippen molar-refractivity contribution in [2.24, 2.45) is 5.73 Å². The highest BCUT2D eigenvalue weighted by Gasteiger charge is 2.15. The zero-order chi connectivity index (χ0) is 17.5. The molecule has 1 amide bonds. The molecule has 0 aliphatic heterocycles. The number of carbonyl (C=O) groups excluding carboxylic acids is 1. The first-order valence-electron chi connectivity index (χ1n) is 8.01. The van der Waals surface area contributed by atoms with Gasteiger partial charge in [0.25, 0.3) is 0 Å². The number of hydrogen-bond donors (Lipinski definition) is 2. The van der Waals surface area contributed by atoms with Gasteiger partial charge in [-0.25, -0.2) is 0 Å².